The van der Waals surface area contributed by atoms with Crippen LogP contribution in [-0.2, 0) is 11.8 Å². The Morgan fingerprint density at radius 1 is 0.771 bits per heavy atom. The van der Waals surface area contributed by atoms with Crippen molar-refractivity contribution in [3.8, 4) is 11.1 Å². The van der Waals surface area contributed by atoms with Gasteiger partial charge in [0.1, 0.15) is 5.82 Å². The Labute approximate surface area is 212 Å². The van der Waals surface area contributed by atoms with Gasteiger partial charge in [0, 0.05) is 12.3 Å². The van der Waals surface area contributed by atoms with E-state index in [-0.39, 0.29) is 16.8 Å². The molecule has 2 radical (unpaired) electrons. The summed E-state index contributed by atoms with van der Waals surface area (Å²) in [5.74, 6) is -0.380. The van der Waals surface area contributed by atoms with Crippen LogP contribution in [0.15, 0.2) is 54.6 Å². The quantitative estimate of drug-likeness (QED) is 0.313. The van der Waals surface area contributed by atoms with Gasteiger partial charge in [0.05, 0.1) is 5.60 Å². The van der Waals surface area contributed by atoms with Gasteiger partial charge in [-0.25, -0.2) is 4.39 Å². The summed E-state index contributed by atoms with van der Waals surface area (Å²) in [5, 5.41) is 10.7. The van der Waals surface area contributed by atoms with Gasteiger partial charge < -0.3 is 5.11 Å². The summed E-state index contributed by atoms with van der Waals surface area (Å²) >= 11 is 0. The fourth-order valence-corrected chi connectivity index (χ4v) is 5.46. The summed E-state index contributed by atoms with van der Waals surface area (Å²) in [6.45, 7) is 18.6. The minimum atomic E-state index is -0.575. The number of benzene rings is 3. The molecular formula is C33H41FO. The molecule has 0 aliphatic rings. The van der Waals surface area contributed by atoms with Crippen molar-refractivity contribution in [3.05, 3.63) is 101 Å². The van der Waals surface area contributed by atoms with E-state index in [2.05, 4.69) is 77.9 Å². The van der Waals surface area contributed by atoms with Gasteiger partial charge in [0.25, 0.3) is 0 Å². The van der Waals surface area contributed by atoms with Crippen molar-refractivity contribution in [2.45, 2.75) is 91.1 Å². The van der Waals surface area contributed by atoms with Gasteiger partial charge in [-0.05, 0) is 103 Å². The van der Waals surface area contributed by atoms with Gasteiger partial charge in [-0.3, -0.25) is 0 Å². The Morgan fingerprint density at radius 3 is 1.89 bits per heavy atom. The Balaban J connectivity index is 1.96. The second-order valence-corrected chi connectivity index (χ2v) is 10.1. The summed E-state index contributed by atoms with van der Waals surface area (Å²) in [6.07, 6.45) is 5.23. The predicted octanol–water partition coefficient (Wildman–Crippen LogP) is 8.76. The van der Waals surface area contributed by atoms with E-state index in [1.165, 1.54) is 28.3 Å². The molecule has 0 aliphatic heterocycles. The maximum absolute atomic E-state index is 14.1. The first kappa shape index (κ1) is 27.1. The van der Waals surface area contributed by atoms with Crippen molar-refractivity contribution in [2.24, 2.45) is 0 Å². The van der Waals surface area contributed by atoms with Gasteiger partial charge in [0.15, 0.2) is 0 Å². The van der Waals surface area contributed by atoms with Crippen molar-refractivity contribution in [3.63, 3.8) is 0 Å². The van der Waals surface area contributed by atoms with E-state index in [9.17, 15) is 9.50 Å². The molecule has 0 atom stereocenters. The number of aryl methyl sites for hydroxylation is 3. The number of halogens is 1. The highest BCUT2D eigenvalue weighted by atomic mass is 19.1. The van der Waals surface area contributed by atoms with Crippen LogP contribution >= 0.6 is 0 Å². The summed E-state index contributed by atoms with van der Waals surface area (Å²) in [5.41, 5.74) is 7.73. The normalized spacial score (nSPS) is 12.3. The highest BCUT2D eigenvalue weighted by Crippen LogP contribution is 2.41. The molecule has 2 heteroatoms. The average molecular weight is 473 g/mol. The maximum atomic E-state index is 14.1. The average Bonchev–Trinajstić information content (AvgIpc) is 2.86. The number of hydrogen-bond donors (Lipinski definition) is 1. The molecule has 0 aromatic heterocycles. The minimum Gasteiger partial charge on any atom is -0.390 e. The fraction of sp³-hybridized carbons (Fsp3) is 0.424. The molecule has 0 amide bonds. The molecule has 1 N–H and O–H groups in total. The van der Waals surface area contributed by atoms with Crippen LogP contribution in [0, 0.1) is 26.6 Å². The van der Waals surface area contributed by atoms with Gasteiger partial charge >= 0.3 is 0 Å². The van der Waals surface area contributed by atoms with E-state index in [4.69, 9.17) is 6.92 Å². The number of rotatable bonds is 10. The van der Waals surface area contributed by atoms with E-state index in [0.717, 1.165) is 55.2 Å². The predicted molar refractivity (Wildman–Crippen MR) is 146 cm³/mol. The van der Waals surface area contributed by atoms with Crippen LogP contribution in [0.5, 0.6) is 0 Å². The first-order chi connectivity index (χ1) is 16.6. The third kappa shape index (κ3) is 5.54. The smallest absolute Gasteiger partial charge is 0.127 e. The second kappa shape index (κ2) is 11.1. The van der Waals surface area contributed by atoms with Gasteiger partial charge in [-0.15, -0.1) is 0 Å². The SMILES string of the molecule is [CH]c1ccc(-c2ccc(C(CC)(CC)c3ccc(CCC(O)(CC)CC)c(C)c3)cc2C)cc1F. The standard InChI is InChI=1S/C33H41FO/c1-8-32(35,9-2)19-18-26-14-15-28(20-24(26)6)33(10-3,11-4)29-16-17-30(25(7)21-29)27-13-12-23(5)31(34)22-27/h5,12-17,20-22,35H,8-11,18-19H2,1-4,6-7H3. The zero-order valence-corrected chi connectivity index (χ0v) is 22.3. The van der Waals surface area contributed by atoms with E-state index in [1.54, 1.807) is 6.07 Å². The first-order valence-corrected chi connectivity index (χ1v) is 13.1. The fourth-order valence-electron chi connectivity index (χ4n) is 5.46. The van der Waals surface area contributed by atoms with Crippen molar-refractivity contribution in [1.29, 1.82) is 0 Å². The third-order valence-corrected chi connectivity index (χ3v) is 8.37. The monoisotopic (exact) mass is 472 g/mol. The molecule has 35 heavy (non-hydrogen) atoms. The molecule has 186 valence electrons. The Hall–Kier alpha value is -2.45. The maximum Gasteiger partial charge on any atom is 0.127 e. The summed E-state index contributed by atoms with van der Waals surface area (Å²) in [4.78, 5) is 0. The zero-order valence-electron chi connectivity index (χ0n) is 22.3. The lowest BCUT2D eigenvalue weighted by Gasteiger charge is -2.34. The van der Waals surface area contributed by atoms with Crippen LogP contribution in [0.1, 0.15) is 93.2 Å². The van der Waals surface area contributed by atoms with Crippen molar-refractivity contribution < 1.29 is 9.50 Å². The molecule has 0 spiro atoms. The molecule has 0 fully saturated rings. The van der Waals surface area contributed by atoms with Crippen LogP contribution in [0.2, 0.25) is 0 Å². The zero-order chi connectivity index (χ0) is 25.8. The lowest BCUT2D eigenvalue weighted by molar-refractivity contribution is 0.0239. The highest BCUT2D eigenvalue weighted by Gasteiger charge is 2.31. The van der Waals surface area contributed by atoms with Gasteiger partial charge in [0.2, 0.25) is 0 Å². The Kier molecular flexibility index (Phi) is 8.59. The van der Waals surface area contributed by atoms with Gasteiger partial charge in [-0.1, -0.05) is 76.2 Å². The third-order valence-electron chi connectivity index (χ3n) is 8.37. The topological polar surface area (TPSA) is 20.2 Å². The van der Waals surface area contributed by atoms with Gasteiger partial charge in [-0.2, -0.15) is 0 Å². The number of aliphatic hydroxyl groups is 1. The number of hydrogen-bond acceptors (Lipinski definition) is 1. The molecule has 0 unspecified atom stereocenters. The Morgan fingerprint density at radius 2 is 1.37 bits per heavy atom. The Bertz CT molecular complexity index is 1150. The van der Waals surface area contributed by atoms with Crippen LogP contribution < -0.4 is 0 Å². The first-order valence-electron chi connectivity index (χ1n) is 13.1. The van der Waals surface area contributed by atoms with Crippen LogP contribution in [0.25, 0.3) is 11.1 Å². The van der Waals surface area contributed by atoms with Crippen LogP contribution in [-0.4, -0.2) is 10.7 Å². The largest absolute Gasteiger partial charge is 0.390 e. The lowest BCUT2D eigenvalue weighted by atomic mass is 9.69. The molecular weight excluding hydrogens is 431 g/mol. The molecule has 3 aromatic carbocycles. The van der Waals surface area contributed by atoms with Crippen molar-refractivity contribution in [2.75, 3.05) is 0 Å². The molecule has 0 bridgehead atoms. The van der Waals surface area contributed by atoms with Crippen molar-refractivity contribution >= 4 is 0 Å². The lowest BCUT2D eigenvalue weighted by Crippen LogP contribution is -2.28. The molecule has 0 saturated carbocycles. The molecule has 0 aliphatic carbocycles. The van der Waals surface area contributed by atoms with Crippen molar-refractivity contribution in [1.82, 2.24) is 0 Å². The van der Waals surface area contributed by atoms with E-state index in [0.29, 0.717) is 0 Å². The molecule has 0 saturated heterocycles. The van der Waals surface area contributed by atoms with E-state index >= 15 is 0 Å². The van der Waals surface area contributed by atoms with E-state index < -0.39 is 5.60 Å². The highest BCUT2D eigenvalue weighted by molar-refractivity contribution is 5.68. The van der Waals surface area contributed by atoms with Crippen LogP contribution in [0.3, 0.4) is 0 Å². The summed E-state index contributed by atoms with van der Waals surface area (Å²) in [7, 11) is 0. The minimum absolute atomic E-state index is 0.0908. The molecule has 0 heterocycles. The van der Waals surface area contributed by atoms with Crippen LogP contribution in [0.4, 0.5) is 4.39 Å². The molecule has 1 nitrogen and oxygen atoms in total. The molecule has 3 rings (SSSR count). The summed E-state index contributed by atoms with van der Waals surface area (Å²) in [6, 6.07) is 18.5. The second-order valence-electron chi connectivity index (χ2n) is 10.1. The molecule has 3 aromatic rings. The summed E-state index contributed by atoms with van der Waals surface area (Å²) < 4.78 is 14.1. The van der Waals surface area contributed by atoms with E-state index in [1.807, 2.05) is 6.07 Å².